The number of halogens is 1. The van der Waals surface area contributed by atoms with E-state index in [0.29, 0.717) is 15.0 Å². The fourth-order valence-electron chi connectivity index (χ4n) is 2.24. The fourth-order valence-corrected chi connectivity index (χ4v) is 3.97. The summed E-state index contributed by atoms with van der Waals surface area (Å²) in [5.74, 6) is -0.684. The molecule has 2 aromatic carbocycles. The summed E-state index contributed by atoms with van der Waals surface area (Å²) in [5, 5.41) is 24.7. The molecule has 0 fully saturated rings. The Morgan fingerprint density at radius 2 is 2.00 bits per heavy atom. The highest BCUT2D eigenvalue weighted by Gasteiger charge is 2.14. The number of carbonyl (C=O) groups is 2. The van der Waals surface area contributed by atoms with E-state index in [1.54, 1.807) is 12.1 Å². The number of nitro groups is 1. The molecule has 9 nitrogen and oxygen atoms in total. The number of non-ortho nitro benzene ring substituents is 1. The number of benzene rings is 2. The molecule has 154 valence electrons. The second-order valence-corrected chi connectivity index (χ2v) is 8.54. The van der Waals surface area contributed by atoms with E-state index in [2.05, 4.69) is 20.8 Å². The number of amides is 2. The molecule has 0 aliphatic rings. The van der Waals surface area contributed by atoms with Gasteiger partial charge in [0.05, 0.1) is 10.7 Å². The summed E-state index contributed by atoms with van der Waals surface area (Å²) in [6, 6.07) is 10.6. The fraction of sp³-hybridized carbons (Fsp3) is 0.111. The predicted molar refractivity (Wildman–Crippen MR) is 117 cm³/mol. The molecule has 0 aliphatic heterocycles. The van der Waals surface area contributed by atoms with Crippen molar-refractivity contribution < 1.29 is 14.5 Å². The minimum absolute atomic E-state index is 0.0962. The molecule has 1 aromatic heterocycles. The zero-order valence-electron chi connectivity index (χ0n) is 15.4. The van der Waals surface area contributed by atoms with Crippen molar-refractivity contribution >= 4 is 63.0 Å². The van der Waals surface area contributed by atoms with Crippen molar-refractivity contribution in [3.8, 4) is 0 Å². The minimum Gasteiger partial charge on any atom is -0.325 e. The van der Waals surface area contributed by atoms with Crippen LogP contribution in [0.4, 0.5) is 16.5 Å². The third-order valence-corrected chi connectivity index (χ3v) is 6.11. The Labute approximate surface area is 184 Å². The van der Waals surface area contributed by atoms with Crippen LogP contribution in [0.5, 0.6) is 0 Å². The zero-order chi connectivity index (χ0) is 21.7. The van der Waals surface area contributed by atoms with Crippen molar-refractivity contribution in [1.29, 1.82) is 0 Å². The van der Waals surface area contributed by atoms with Crippen LogP contribution in [0.3, 0.4) is 0 Å². The summed E-state index contributed by atoms with van der Waals surface area (Å²) in [6.07, 6.45) is 0. The number of anilines is 2. The summed E-state index contributed by atoms with van der Waals surface area (Å²) < 4.78 is 0.487. The highest BCUT2D eigenvalue weighted by atomic mass is 35.5. The Hall–Kier alpha value is -3.02. The highest BCUT2D eigenvalue weighted by molar-refractivity contribution is 8.01. The number of carbonyl (C=O) groups excluding carboxylic acids is 2. The van der Waals surface area contributed by atoms with Gasteiger partial charge in [0.2, 0.25) is 11.0 Å². The number of rotatable bonds is 7. The maximum absolute atomic E-state index is 12.2. The molecule has 2 amide bonds. The van der Waals surface area contributed by atoms with Crippen LogP contribution >= 0.6 is 34.7 Å². The molecule has 0 saturated carbocycles. The summed E-state index contributed by atoms with van der Waals surface area (Å²) in [6.45, 7) is 1.87. The van der Waals surface area contributed by atoms with E-state index in [-0.39, 0.29) is 28.0 Å². The number of nitrogens with zero attached hydrogens (tertiary/aromatic N) is 3. The number of aromatic nitrogens is 2. The van der Waals surface area contributed by atoms with Crippen LogP contribution in [-0.2, 0) is 4.79 Å². The molecular formula is C18H14ClN5O4S2. The number of hydrogen-bond donors (Lipinski definition) is 2. The van der Waals surface area contributed by atoms with Crippen molar-refractivity contribution in [3.05, 3.63) is 68.7 Å². The van der Waals surface area contributed by atoms with Gasteiger partial charge in [-0.15, -0.1) is 10.2 Å². The molecule has 30 heavy (non-hydrogen) atoms. The number of hydrogen-bond acceptors (Lipinski definition) is 8. The van der Waals surface area contributed by atoms with Crippen LogP contribution in [0.25, 0.3) is 0 Å². The molecule has 0 atom stereocenters. The second-order valence-electron chi connectivity index (χ2n) is 5.94. The van der Waals surface area contributed by atoms with Crippen LogP contribution in [-0.4, -0.2) is 32.7 Å². The lowest BCUT2D eigenvalue weighted by Crippen LogP contribution is -2.13. The molecule has 0 saturated heterocycles. The summed E-state index contributed by atoms with van der Waals surface area (Å²) in [4.78, 5) is 34.6. The Balaban J connectivity index is 1.54. The van der Waals surface area contributed by atoms with E-state index < -0.39 is 10.8 Å². The van der Waals surface area contributed by atoms with Gasteiger partial charge >= 0.3 is 0 Å². The van der Waals surface area contributed by atoms with Gasteiger partial charge in [-0.1, -0.05) is 46.8 Å². The number of aryl methyl sites for hydroxylation is 1. The zero-order valence-corrected chi connectivity index (χ0v) is 17.8. The van der Waals surface area contributed by atoms with Gasteiger partial charge in [-0.3, -0.25) is 25.0 Å². The lowest BCUT2D eigenvalue weighted by atomic mass is 10.2. The maximum atomic E-state index is 12.2. The average Bonchev–Trinajstić information content (AvgIpc) is 3.16. The Morgan fingerprint density at radius 1 is 1.20 bits per heavy atom. The van der Waals surface area contributed by atoms with Gasteiger partial charge in [-0.2, -0.15) is 0 Å². The number of thioether (sulfide) groups is 1. The number of nitrogens with one attached hydrogen (secondary N) is 2. The molecular weight excluding hydrogens is 450 g/mol. The SMILES string of the molecule is Cc1ccc(NC(=O)CSc2nnc(NC(=O)c3cccc([N+](=O)[O-])c3)s2)cc1Cl. The summed E-state index contributed by atoms with van der Waals surface area (Å²) in [5.41, 5.74) is 1.46. The molecule has 0 bridgehead atoms. The lowest BCUT2D eigenvalue weighted by molar-refractivity contribution is -0.384. The Kier molecular flexibility index (Phi) is 6.98. The molecule has 12 heteroatoms. The van der Waals surface area contributed by atoms with Crippen molar-refractivity contribution in [2.45, 2.75) is 11.3 Å². The van der Waals surface area contributed by atoms with Gasteiger partial charge in [0.1, 0.15) is 0 Å². The predicted octanol–water partition coefficient (Wildman–Crippen LogP) is 4.39. The van der Waals surface area contributed by atoms with Gasteiger partial charge in [0, 0.05) is 28.4 Å². The second kappa shape index (κ2) is 9.65. The minimum atomic E-state index is -0.577. The third kappa shape index (κ3) is 5.75. The van der Waals surface area contributed by atoms with E-state index >= 15 is 0 Å². The first-order chi connectivity index (χ1) is 14.3. The molecule has 2 N–H and O–H groups in total. The van der Waals surface area contributed by atoms with E-state index in [0.717, 1.165) is 28.7 Å². The first kappa shape index (κ1) is 21.7. The quantitative estimate of drug-likeness (QED) is 0.230. The van der Waals surface area contributed by atoms with Gasteiger partial charge < -0.3 is 5.32 Å². The first-order valence-corrected chi connectivity index (χ1v) is 10.6. The van der Waals surface area contributed by atoms with Crippen molar-refractivity contribution in [2.75, 3.05) is 16.4 Å². The van der Waals surface area contributed by atoms with Crippen LogP contribution in [0.2, 0.25) is 5.02 Å². The first-order valence-electron chi connectivity index (χ1n) is 8.40. The highest BCUT2D eigenvalue weighted by Crippen LogP contribution is 2.26. The lowest BCUT2D eigenvalue weighted by Gasteiger charge is -2.06. The molecule has 0 radical (unpaired) electrons. The largest absolute Gasteiger partial charge is 0.325 e. The summed E-state index contributed by atoms with van der Waals surface area (Å²) >= 11 is 8.30. The van der Waals surface area contributed by atoms with E-state index in [1.165, 1.54) is 24.3 Å². The van der Waals surface area contributed by atoms with E-state index in [4.69, 9.17) is 11.6 Å². The van der Waals surface area contributed by atoms with Crippen LogP contribution in [0.15, 0.2) is 46.8 Å². The third-order valence-electron chi connectivity index (χ3n) is 3.73. The average molecular weight is 464 g/mol. The monoisotopic (exact) mass is 463 g/mol. The topological polar surface area (TPSA) is 127 Å². The van der Waals surface area contributed by atoms with Crippen molar-refractivity contribution in [3.63, 3.8) is 0 Å². The van der Waals surface area contributed by atoms with Crippen LogP contribution < -0.4 is 10.6 Å². The van der Waals surface area contributed by atoms with E-state index in [1.807, 2.05) is 13.0 Å². The van der Waals surface area contributed by atoms with Crippen molar-refractivity contribution in [1.82, 2.24) is 10.2 Å². The molecule has 3 aromatic rings. The van der Waals surface area contributed by atoms with Gasteiger partial charge in [0.25, 0.3) is 11.6 Å². The van der Waals surface area contributed by atoms with Gasteiger partial charge in [0.15, 0.2) is 4.34 Å². The standard InChI is InChI=1S/C18H14ClN5O4S2/c1-10-5-6-12(8-14(10)19)20-15(25)9-29-18-23-22-17(30-18)21-16(26)11-3-2-4-13(7-11)24(27)28/h2-8H,9H2,1H3,(H,20,25)(H,21,22,26). The molecule has 0 unspecified atom stereocenters. The van der Waals surface area contributed by atoms with Crippen LogP contribution in [0.1, 0.15) is 15.9 Å². The molecule has 3 rings (SSSR count). The van der Waals surface area contributed by atoms with Gasteiger partial charge in [-0.25, -0.2) is 0 Å². The van der Waals surface area contributed by atoms with Crippen molar-refractivity contribution in [2.24, 2.45) is 0 Å². The van der Waals surface area contributed by atoms with E-state index in [9.17, 15) is 19.7 Å². The van der Waals surface area contributed by atoms with Gasteiger partial charge in [-0.05, 0) is 30.7 Å². The summed E-state index contributed by atoms with van der Waals surface area (Å²) in [7, 11) is 0. The molecule has 1 heterocycles. The Bertz CT molecular complexity index is 1120. The Morgan fingerprint density at radius 3 is 2.73 bits per heavy atom. The normalized spacial score (nSPS) is 10.5. The smallest absolute Gasteiger partial charge is 0.270 e. The maximum Gasteiger partial charge on any atom is 0.270 e. The van der Waals surface area contributed by atoms with Crippen LogP contribution in [0, 0.1) is 17.0 Å². The molecule has 0 aliphatic carbocycles. The molecule has 0 spiro atoms. The number of nitro benzene ring substituents is 1.